The van der Waals surface area contributed by atoms with Crippen LogP contribution in [-0.4, -0.2) is 27.5 Å². The smallest absolute Gasteiger partial charge is 0.164 e. The van der Waals surface area contributed by atoms with Crippen molar-refractivity contribution in [2.75, 3.05) is 6.61 Å². The Morgan fingerprint density at radius 2 is 2.53 bits per heavy atom. The average Bonchev–Trinajstić information content (AvgIpc) is 2.88. The Morgan fingerprint density at radius 1 is 1.60 bits per heavy atom. The predicted octanol–water partition coefficient (Wildman–Crippen LogP) is 0.696. The molecule has 0 saturated carbocycles. The number of aromatic nitrogens is 3. The van der Waals surface area contributed by atoms with Gasteiger partial charge in [-0.1, -0.05) is 0 Å². The zero-order valence-electron chi connectivity index (χ0n) is 8.93. The standard InChI is InChI=1S/C10H18N4O/c11-7-10-12-8-14(13-10)5-1-3-9-4-2-6-15-9/h8-9H,1-7,11H2. The molecule has 0 aliphatic carbocycles. The average molecular weight is 210 g/mol. The van der Waals surface area contributed by atoms with Crippen LogP contribution in [0.2, 0.25) is 0 Å². The number of nitrogens with two attached hydrogens (primary N) is 1. The van der Waals surface area contributed by atoms with E-state index in [4.69, 9.17) is 10.5 Å². The third-order valence-electron chi connectivity index (χ3n) is 2.70. The molecule has 2 rings (SSSR count). The molecule has 84 valence electrons. The molecule has 2 heterocycles. The Hall–Kier alpha value is -0.940. The minimum atomic E-state index is 0.415. The van der Waals surface area contributed by atoms with Crippen LogP contribution in [0.15, 0.2) is 6.33 Å². The maximum absolute atomic E-state index is 5.55. The van der Waals surface area contributed by atoms with Crippen molar-refractivity contribution in [1.82, 2.24) is 14.8 Å². The van der Waals surface area contributed by atoms with Gasteiger partial charge in [0.15, 0.2) is 5.82 Å². The van der Waals surface area contributed by atoms with Crippen LogP contribution in [0, 0.1) is 0 Å². The van der Waals surface area contributed by atoms with Crippen molar-refractivity contribution in [3.8, 4) is 0 Å². The van der Waals surface area contributed by atoms with Crippen LogP contribution in [0.5, 0.6) is 0 Å². The topological polar surface area (TPSA) is 66.0 Å². The Morgan fingerprint density at radius 3 is 3.20 bits per heavy atom. The third kappa shape index (κ3) is 3.00. The molecule has 1 aliphatic rings. The van der Waals surface area contributed by atoms with E-state index in [0.29, 0.717) is 18.5 Å². The van der Waals surface area contributed by atoms with Gasteiger partial charge in [0, 0.05) is 13.2 Å². The van der Waals surface area contributed by atoms with Crippen LogP contribution < -0.4 is 5.73 Å². The van der Waals surface area contributed by atoms with E-state index < -0.39 is 0 Å². The molecule has 15 heavy (non-hydrogen) atoms. The summed E-state index contributed by atoms with van der Waals surface area (Å²) in [5.74, 6) is 0.715. The van der Waals surface area contributed by atoms with Crippen LogP contribution >= 0.6 is 0 Å². The van der Waals surface area contributed by atoms with Crippen molar-refractivity contribution in [2.45, 2.75) is 44.9 Å². The zero-order chi connectivity index (χ0) is 10.5. The molecule has 1 fully saturated rings. The van der Waals surface area contributed by atoms with Gasteiger partial charge in [-0.05, 0) is 25.7 Å². The zero-order valence-corrected chi connectivity index (χ0v) is 8.93. The summed E-state index contributed by atoms with van der Waals surface area (Å²) in [6, 6.07) is 0. The highest BCUT2D eigenvalue weighted by molar-refractivity contribution is 4.79. The van der Waals surface area contributed by atoms with Crippen LogP contribution in [0.3, 0.4) is 0 Å². The quantitative estimate of drug-likeness (QED) is 0.776. The second-order valence-corrected chi connectivity index (χ2v) is 3.91. The first-order valence-electron chi connectivity index (χ1n) is 5.58. The highest BCUT2D eigenvalue weighted by Gasteiger charge is 2.14. The summed E-state index contributed by atoms with van der Waals surface area (Å²) < 4.78 is 7.41. The largest absolute Gasteiger partial charge is 0.378 e. The van der Waals surface area contributed by atoms with Crippen molar-refractivity contribution in [3.05, 3.63) is 12.2 Å². The SMILES string of the molecule is NCc1ncn(CCCC2CCCO2)n1. The number of aryl methyl sites for hydroxylation is 1. The fourth-order valence-electron chi connectivity index (χ4n) is 1.89. The summed E-state index contributed by atoms with van der Waals surface area (Å²) in [6.45, 7) is 2.26. The van der Waals surface area contributed by atoms with E-state index in [1.54, 1.807) is 6.33 Å². The summed E-state index contributed by atoms with van der Waals surface area (Å²) in [7, 11) is 0. The molecule has 0 bridgehead atoms. The number of hydrogen-bond acceptors (Lipinski definition) is 4. The van der Waals surface area contributed by atoms with E-state index in [1.165, 1.54) is 12.8 Å². The Bertz CT molecular complexity index is 293. The summed E-state index contributed by atoms with van der Waals surface area (Å²) in [4.78, 5) is 4.08. The molecule has 1 aliphatic heterocycles. The second-order valence-electron chi connectivity index (χ2n) is 3.91. The molecule has 1 aromatic rings. The second kappa shape index (κ2) is 5.23. The summed E-state index contributed by atoms with van der Waals surface area (Å²) in [6.07, 6.45) is 6.87. The molecule has 0 aromatic carbocycles. The van der Waals surface area contributed by atoms with Gasteiger partial charge in [-0.15, -0.1) is 0 Å². The minimum Gasteiger partial charge on any atom is -0.378 e. The normalized spacial score (nSPS) is 21.0. The van der Waals surface area contributed by atoms with Crippen molar-refractivity contribution in [2.24, 2.45) is 5.73 Å². The van der Waals surface area contributed by atoms with E-state index in [0.717, 1.165) is 26.0 Å². The number of hydrogen-bond donors (Lipinski definition) is 1. The Kier molecular flexibility index (Phi) is 3.69. The van der Waals surface area contributed by atoms with Crippen molar-refractivity contribution >= 4 is 0 Å². The molecule has 0 amide bonds. The molecule has 0 spiro atoms. The summed E-state index contributed by atoms with van der Waals surface area (Å²) >= 11 is 0. The highest BCUT2D eigenvalue weighted by Crippen LogP contribution is 2.16. The molecular weight excluding hydrogens is 192 g/mol. The molecule has 1 unspecified atom stereocenters. The van der Waals surface area contributed by atoms with E-state index in [2.05, 4.69) is 10.1 Å². The van der Waals surface area contributed by atoms with Gasteiger partial charge in [0.1, 0.15) is 6.33 Å². The summed E-state index contributed by atoms with van der Waals surface area (Å²) in [5.41, 5.74) is 5.43. The monoisotopic (exact) mass is 210 g/mol. The van der Waals surface area contributed by atoms with Crippen molar-refractivity contribution in [1.29, 1.82) is 0 Å². The Labute approximate surface area is 89.6 Å². The van der Waals surface area contributed by atoms with Crippen LogP contribution in [0.1, 0.15) is 31.5 Å². The third-order valence-corrected chi connectivity index (χ3v) is 2.70. The fraction of sp³-hybridized carbons (Fsp3) is 0.800. The lowest BCUT2D eigenvalue weighted by atomic mass is 10.1. The number of rotatable bonds is 5. The first-order chi connectivity index (χ1) is 7.38. The number of nitrogens with zero attached hydrogens (tertiary/aromatic N) is 3. The van der Waals surface area contributed by atoms with Gasteiger partial charge in [0.2, 0.25) is 0 Å². The summed E-state index contributed by atoms with van der Waals surface area (Å²) in [5, 5.41) is 4.23. The molecule has 5 nitrogen and oxygen atoms in total. The van der Waals surface area contributed by atoms with Gasteiger partial charge in [-0.2, -0.15) is 5.10 Å². The van der Waals surface area contributed by atoms with Crippen LogP contribution in [-0.2, 0) is 17.8 Å². The lowest BCUT2D eigenvalue weighted by Crippen LogP contribution is -2.08. The number of ether oxygens (including phenoxy) is 1. The van der Waals surface area contributed by atoms with E-state index in [9.17, 15) is 0 Å². The predicted molar refractivity (Wildman–Crippen MR) is 56.1 cm³/mol. The van der Waals surface area contributed by atoms with Gasteiger partial charge in [0.05, 0.1) is 12.6 Å². The lowest BCUT2D eigenvalue weighted by Gasteiger charge is -2.08. The fourth-order valence-corrected chi connectivity index (χ4v) is 1.89. The van der Waals surface area contributed by atoms with Gasteiger partial charge < -0.3 is 10.5 Å². The van der Waals surface area contributed by atoms with Gasteiger partial charge >= 0.3 is 0 Å². The molecule has 0 radical (unpaired) electrons. The van der Waals surface area contributed by atoms with Crippen molar-refractivity contribution in [3.63, 3.8) is 0 Å². The van der Waals surface area contributed by atoms with E-state index in [-0.39, 0.29) is 0 Å². The lowest BCUT2D eigenvalue weighted by molar-refractivity contribution is 0.101. The van der Waals surface area contributed by atoms with E-state index >= 15 is 0 Å². The van der Waals surface area contributed by atoms with Gasteiger partial charge in [0.25, 0.3) is 0 Å². The molecule has 1 saturated heterocycles. The highest BCUT2D eigenvalue weighted by atomic mass is 16.5. The first-order valence-corrected chi connectivity index (χ1v) is 5.58. The van der Waals surface area contributed by atoms with Crippen LogP contribution in [0.4, 0.5) is 0 Å². The molecule has 1 atom stereocenters. The van der Waals surface area contributed by atoms with Gasteiger partial charge in [-0.25, -0.2) is 4.98 Å². The molecule has 5 heteroatoms. The first kappa shape index (κ1) is 10.6. The van der Waals surface area contributed by atoms with E-state index in [1.807, 2.05) is 4.68 Å². The molecular formula is C10H18N4O. The molecule has 2 N–H and O–H groups in total. The maximum Gasteiger partial charge on any atom is 0.164 e. The van der Waals surface area contributed by atoms with Crippen molar-refractivity contribution < 1.29 is 4.74 Å². The van der Waals surface area contributed by atoms with Gasteiger partial charge in [-0.3, -0.25) is 4.68 Å². The minimum absolute atomic E-state index is 0.415. The molecule has 1 aromatic heterocycles. The maximum atomic E-state index is 5.55. The Balaban J connectivity index is 1.68. The van der Waals surface area contributed by atoms with Crippen LogP contribution in [0.25, 0.3) is 0 Å².